The van der Waals surface area contributed by atoms with Crippen LogP contribution in [-0.2, 0) is 9.53 Å². The minimum absolute atomic E-state index is 0. The first kappa shape index (κ1) is 23.9. The smallest absolute Gasteiger partial charge is 0.224 e. The van der Waals surface area contributed by atoms with Crippen molar-refractivity contribution in [3.05, 3.63) is 0 Å². The van der Waals surface area contributed by atoms with Crippen LogP contribution in [-0.4, -0.2) is 66.7 Å². The lowest BCUT2D eigenvalue weighted by Gasteiger charge is -2.37. The number of carbonyl (C=O) groups excluding carboxylic acids is 1. The van der Waals surface area contributed by atoms with E-state index in [1.807, 2.05) is 11.8 Å². The maximum absolute atomic E-state index is 12.0. The molecule has 2 aliphatic rings. The molecule has 7 heteroatoms. The van der Waals surface area contributed by atoms with Crippen LogP contribution in [0, 0.1) is 5.92 Å². The van der Waals surface area contributed by atoms with Crippen molar-refractivity contribution in [3.8, 4) is 0 Å². The number of rotatable bonds is 5. The standard InChI is InChI=1S/C17H33N3O2.2ClH/c1-13(18)10-17(21)20-8-5-16(6-9-20)4-7-19-11-14(2)22-15(3)12-19;;/h13-16H,4-12,18H2,1-3H3;2*1H. The van der Waals surface area contributed by atoms with Gasteiger partial charge < -0.3 is 15.4 Å². The number of amides is 1. The third kappa shape index (κ3) is 7.87. The quantitative estimate of drug-likeness (QED) is 0.790. The second-order valence-electron chi connectivity index (χ2n) is 7.31. The summed E-state index contributed by atoms with van der Waals surface area (Å²) in [5.41, 5.74) is 5.72. The molecule has 0 saturated carbocycles. The number of likely N-dealkylation sites (tertiary alicyclic amines) is 1. The number of nitrogens with zero attached hydrogens (tertiary/aromatic N) is 2. The van der Waals surface area contributed by atoms with E-state index in [1.165, 1.54) is 6.42 Å². The van der Waals surface area contributed by atoms with Gasteiger partial charge in [-0.1, -0.05) is 0 Å². The van der Waals surface area contributed by atoms with Gasteiger partial charge in [-0.25, -0.2) is 0 Å². The average molecular weight is 384 g/mol. The third-order valence-electron chi connectivity index (χ3n) is 4.81. The molecule has 0 aliphatic carbocycles. The number of ether oxygens (including phenoxy) is 1. The molecule has 2 aliphatic heterocycles. The minimum Gasteiger partial charge on any atom is -0.373 e. The van der Waals surface area contributed by atoms with Crippen molar-refractivity contribution in [2.45, 2.75) is 64.7 Å². The molecule has 0 spiro atoms. The van der Waals surface area contributed by atoms with Gasteiger partial charge in [0.25, 0.3) is 0 Å². The van der Waals surface area contributed by atoms with Gasteiger partial charge >= 0.3 is 0 Å². The van der Waals surface area contributed by atoms with Gasteiger partial charge in [-0.2, -0.15) is 0 Å². The fourth-order valence-corrected chi connectivity index (χ4v) is 3.71. The molecule has 0 bridgehead atoms. The predicted molar refractivity (Wildman–Crippen MR) is 103 cm³/mol. The summed E-state index contributed by atoms with van der Waals surface area (Å²) in [6.07, 6.45) is 4.70. The van der Waals surface area contributed by atoms with E-state index in [0.717, 1.165) is 51.5 Å². The number of piperidine rings is 1. The highest BCUT2D eigenvalue weighted by molar-refractivity contribution is 5.85. The largest absolute Gasteiger partial charge is 0.373 e. The summed E-state index contributed by atoms with van der Waals surface area (Å²) in [7, 11) is 0. The van der Waals surface area contributed by atoms with Gasteiger partial charge in [-0.15, -0.1) is 24.8 Å². The molecule has 1 amide bonds. The molecule has 0 radical (unpaired) electrons. The summed E-state index contributed by atoms with van der Waals surface area (Å²) in [6, 6.07) is -0.0319. The van der Waals surface area contributed by atoms with E-state index in [2.05, 4.69) is 18.7 Å². The van der Waals surface area contributed by atoms with Crippen LogP contribution < -0.4 is 5.73 Å². The molecule has 24 heavy (non-hydrogen) atoms. The Morgan fingerprint density at radius 2 is 1.71 bits per heavy atom. The van der Waals surface area contributed by atoms with E-state index in [-0.39, 0.29) is 36.8 Å². The topological polar surface area (TPSA) is 58.8 Å². The van der Waals surface area contributed by atoms with Crippen molar-refractivity contribution < 1.29 is 9.53 Å². The molecule has 0 aromatic carbocycles. The zero-order valence-electron chi connectivity index (χ0n) is 15.3. The Labute approximate surface area is 159 Å². The van der Waals surface area contributed by atoms with E-state index in [9.17, 15) is 4.79 Å². The highest BCUT2D eigenvalue weighted by Gasteiger charge is 2.25. The van der Waals surface area contributed by atoms with Gasteiger partial charge in [0.05, 0.1) is 12.2 Å². The van der Waals surface area contributed by atoms with Crippen LogP contribution >= 0.6 is 24.8 Å². The van der Waals surface area contributed by atoms with Crippen LogP contribution in [0.1, 0.15) is 46.5 Å². The lowest BCUT2D eigenvalue weighted by molar-refractivity contribution is -0.132. The van der Waals surface area contributed by atoms with Crippen LogP contribution in [0.25, 0.3) is 0 Å². The van der Waals surface area contributed by atoms with Gasteiger partial charge in [0.15, 0.2) is 0 Å². The summed E-state index contributed by atoms with van der Waals surface area (Å²) >= 11 is 0. The monoisotopic (exact) mass is 383 g/mol. The van der Waals surface area contributed by atoms with E-state index >= 15 is 0 Å². The molecule has 144 valence electrons. The number of halogens is 2. The van der Waals surface area contributed by atoms with Crippen LogP contribution in [0.2, 0.25) is 0 Å². The average Bonchev–Trinajstić information content (AvgIpc) is 2.44. The van der Waals surface area contributed by atoms with Crippen molar-refractivity contribution in [1.29, 1.82) is 0 Å². The van der Waals surface area contributed by atoms with Gasteiger partial charge in [0, 0.05) is 38.6 Å². The Balaban J connectivity index is 0.00000264. The summed E-state index contributed by atoms with van der Waals surface area (Å²) in [6.45, 7) is 11.3. The Kier molecular flexibility index (Phi) is 11.5. The Hall–Kier alpha value is -0.0700. The summed E-state index contributed by atoms with van der Waals surface area (Å²) < 4.78 is 5.78. The maximum Gasteiger partial charge on any atom is 0.224 e. The number of nitrogens with two attached hydrogens (primary N) is 1. The van der Waals surface area contributed by atoms with Gasteiger partial charge in [0.1, 0.15) is 0 Å². The molecule has 2 fully saturated rings. The second-order valence-corrected chi connectivity index (χ2v) is 7.31. The van der Waals surface area contributed by atoms with Crippen molar-refractivity contribution in [1.82, 2.24) is 9.80 Å². The normalized spacial score (nSPS) is 27.1. The first-order chi connectivity index (χ1) is 10.4. The summed E-state index contributed by atoms with van der Waals surface area (Å²) in [4.78, 5) is 16.5. The van der Waals surface area contributed by atoms with E-state index < -0.39 is 0 Å². The number of carbonyl (C=O) groups is 1. The first-order valence-corrected chi connectivity index (χ1v) is 8.85. The number of morpholine rings is 1. The molecule has 2 saturated heterocycles. The Morgan fingerprint density at radius 1 is 1.17 bits per heavy atom. The van der Waals surface area contributed by atoms with Crippen molar-refractivity contribution in [3.63, 3.8) is 0 Å². The zero-order chi connectivity index (χ0) is 16.1. The van der Waals surface area contributed by atoms with Crippen molar-refractivity contribution in [2.24, 2.45) is 11.7 Å². The highest BCUT2D eigenvalue weighted by atomic mass is 35.5. The summed E-state index contributed by atoms with van der Waals surface area (Å²) in [5.74, 6) is 0.983. The molecule has 0 aromatic heterocycles. The molecule has 2 rings (SSSR count). The maximum atomic E-state index is 12.0. The van der Waals surface area contributed by atoms with Crippen LogP contribution in [0.3, 0.4) is 0 Å². The molecule has 2 heterocycles. The van der Waals surface area contributed by atoms with Gasteiger partial charge in [0.2, 0.25) is 5.91 Å². The molecule has 3 unspecified atom stereocenters. The molecular weight excluding hydrogens is 349 g/mol. The lowest BCUT2D eigenvalue weighted by Crippen LogP contribution is -2.46. The second kappa shape index (κ2) is 11.5. The van der Waals surface area contributed by atoms with Crippen molar-refractivity contribution in [2.75, 3.05) is 32.7 Å². The SMILES string of the molecule is CC(N)CC(=O)N1CCC(CCN2CC(C)OC(C)C2)CC1.Cl.Cl. The third-order valence-corrected chi connectivity index (χ3v) is 4.81. The van der Waals surface area contributed by atoms with Crippen LogP contribution in [0.15, 0.2) is 0 Å². The minimum atomic E-state index is -0.0319. The Bertz CT molecular complexity index is 354. The number of hydrogen-bond donors (Lipinski definition) is 1. The molecular formula is C17H35Cl2N3O2. The van der Waals surface area contributed by atoms with Crippen LogP contribution in [0.4, 0.5) is 0 Å². The number of hydrogen-bond acceptors (Lipinski definition) is 4. The van der Waals surface area contributed by atoms with Crippen LogP contribution in [0.5, 0.6) is 0 Å². The highest BCUT2D eigenvalue weighted by Crippen LogP contribution is 2.22. The molecule has 2 N–H and O–H groups in total. The fraction of sp³-hybridized carbons (Fsp3) is 0.941. The van der Waals surface area contributed by atoms with Gasteiger partial charge in [-0.05, 0) is 52.5 Å². The fourth-order valence-electron chi connectivity index (χ4n) is 3.71. The lowest BCUT2D eigenvalue weighted by atomic mass is 9.93. The van der Waals surface area contributed by atoms with E-state index in [1.54, 1.807) is 0 Å². The first-order valence-electron chi connectivity index (χ1n) is 8.85. The van der Waals surface area contributed by atoms with E-state index in [4.69, 9.17) is 10.5 Å². The predicted octanol–water partition coefficient (Wildman–Crippen LogP) is 2.31. The molecule has 5 nitrogen and oxygen atoms in total. The molecule has 3 atom stereocenters. The van der Waals surface area contributed by atoms with Crippen molar-refractivity contribution >= 4 is 30.7 Å². The van der Waals surface area contributed by atoms with E-state index in [0.29, 0.717) is 18.6 Å². The Morgan fingerprint density at radius 3 is 2.21 bits per heavy atom. The molecule has 0 aromatic rings. The summed E-state index contributed by atoms with van der Waals surface area (Å²) in [5, 5.41) is 0. The van der Waals surface area contributed by atoms with Gasteiger partial charge in [-0.3, -0.25) is 9.69 Å². The zero-order valence-corrected chi connectivity index (χ0v) is 16.9.